The second-order valence-corrected chi connectivity index (χ2v) is 8.72. The van der Waals surface area contributed by atoms with Gasteiger partial charge in [0, 0.05) is 10.2 Å². The minimum atomic E-state index is -0.495. The number of carbonyl (C=O) groups is 1. The first kappa shape index (κ1) is 19.8. The second-order valence-electron chi connectivity index (χ2n) is 5.92. The van der Waals surface area contributed by atoms with Gasteiger partial charge in [-0.15, -0.1) is 21.5 Å². The summed E-state index contributed by atoms with van der Waals surface area (Å²) in [5, 5.41) is 13.8. The van der Waals surface area contributed by atoms with Crippen LogP contribution in [-0.4, -0.2) is 26.4 Å². The summed E-state index contributed by atoms with van der Waals surface area (Å²) in [7, 11) is 0. The maximum Gasteiger partial charge on any atom is 0.234 e. The van der Waals surface area contributed by atoms with Crippen molar-refractivity contribution in [1.82, 2.24) is 14.8 Å². The Kier molecular flexibility index (Phi) is 6.08. The Morgan fingerprint density at radius 2 is 1.97 bits per heavy atom. The van der Waals surface area contributed by atoms with Gasteiger partial charge in [-0.25, -0.2) is 4.39 Å². The van der Waals surface area contributed by atoms with Crippen LogP contribution in [0.4, 0.5) is 10.1 Å². The zero-order valence-corrected chi connectivity index (χ0v) is 18.1. The van der Waals surface area contributed by atoms with E-state index in [9.17, 15) is 9.18 Å². The Labute approximate surface area is 183 Å². The van der Waals surface area contributed by atoms with Crippen LogP contribution in [0.5, 0.6) is 0 Å². The van der Waals surface area contributed by atoms with Crippen LogP contribution >= 0.6 is 39.0 Å². The first-order chi connectivity index (χ1) is 14.1. The number of amides is 1. The minimum absolute atomic E-state index is 0.0743. The molecule has 1 amide bonds. The van der Waals surface area contributed by atoms with Crippen LogP contribution < -0.4 is 5.32 Å². The quantitative estimate of drug-likeness (QED) is 0.357. The van der Waals surface area contributed by atoms with Crippen LogP contribution in [-0.2, 0) is 4.79 Å². The highest BCUT2D eigenvalue weighted by molar-refractivity contribution is 9.10. The van der Waals surface area contributed by atoms with E-state index in [1.807, 2.05) is 52.4 Å². The van der Waals surface area contributed by atoms with Gasteiger partial charge in [0.2, 0.25) is 5.91 Å². The van der Waals surface area contributed by atoms with Crippen LogP contribution in [0.2, 0.25) is 0 Å². The fourth-order valence-electron chi connectivity index (χ4n) is 2.65. The van der Waals surface area contributed by atoms with Crippen LogP contribution in [0.3, 0.4) is 0 Å². The molecule has 0 aliphatic rings. The maximum atomic E-state index is 13.9. The van der Waals surface area contributed by atoms with Crippen molar-refractivity contribution in [3.8, 4) is 16.4 Å². The third kappa shape index (κ3) is 4.58. The molecule has 4 rings (SSSR count). The van der Waals surface area contributed by atoms with Crippen LogP contribution in [0.25, 0.3) is 16.4 Å². The molecule has 0 unspecified atom stereocenters. The number of hydrogen-bond acceptors (Lipinski definition) is 5. The topological polar surface area (TPSA) is 59.8 Å². The number of carbonyl (C=O) groups excluding carboxylic acids is 1. The first-order valence-electron chi connectivity index (χ1n) is 8.54. The molecule has 0 radical (unpaired) electrons. The highest BCUT2D eigenvalue weighted by Crippen LogP contribution is 2.30. The predicted molar refractivity (Wildman–Crippen MR) is 118 cm³/mol. The fraction of sp³-hybridized carbons (Fsp3) is 0.0500. The van der Waals surface area contributed by atoms with Gasteiger partial charge in [-0.1, -0.05) is 52.0 Å². The molecule has 0 aliphatic heterocycles. The zero-order chi connectivity index (χ0) is 20.2. The van der Waals surface area contributed by atoms with Gasteiger partial charge in [-0.05, 0) is 41.8 Å². The lowest BCUT2D eigenvalue weighted by atomic mass is 10.3. The Hall–Kier alpha value is -2.49. The van der Waals surface area contributed by atoms with Crippen molar-refractivity contribution in [3.63, 3.8) is 0 Å². The molecular formula is C20H14BrFN4OS2. The van der Waals surface area contributed by atoms with E-state index in [0.717, 1.165) is 10.6 Å². The van der Waals surface area contributed by atoms with E-state index in [4.69, 9.17) is 0 Å². The van der Waals surface area contributed by atoms with E-state index < -0.39 is 5.82 Å². The smallest absolute Gasteiger partial charge is 0.234 e. The van der Waals surface area contributed by atoms with Gasteiger partial charge in [0.25, 0.3) is 0 Å². The third-order valence-electron chi connectivity index (χ3n) is 3.93. The van der Waals surface area contributed by atoms with E-state index in [0.29, 0.717) is 15.5 Å². The van der Waals surface area contributed by atoms with Gasteiger partial charge >= 0.3 is 0 Å². The van der Waals surface area contributed by atoms with E-state index in [2.05, 4.69) is 31.4 Å². The zero-order valence-electron chi connectivity index (χ0n) is 14.9. The molecule has 5 nitrogen and oxygen atoms in total. The molecule has 9 heteroatoms. The van der Waals surface area contributed by atoms with Gasteiger partial charge in [-0.2, -0.15) is 0 Å². The largest absolute Gasteiger partial charge is 0.323 e. The van der Waals surface area contributed by atoms with Crippen molar-refractivity contribution in [1.29, 1.82) is 0 Å². The van der Waals surface area contributed by atoms with Gasteiger partial charge in [0.15, 0.2) is 11.0 Å². The molecular weight excluding hydrogens is 475 g/mol. The highest BCUT2D eigenvalue weighted by atomic mass is 79.9. The number of thioether (sulfide) groups is 1. The summed E-state index contributed by atoms with van der Waals surface area (Å²) in [5.74, 6) is -0.0278. The van der Waals surface area contributed by atoms with Crippen LogP contribution in [0.1, 0.15) is 0 Å². The van der Waals surface area contributed by atoms with Crippen molar-refractivity contribution < 1.29 is 9.18 Å². The average Bonchev–Trinajstić information content (AvgIpc) is 3.38. The molecule has 0 aliphatic carbocycles. The molecule has 0 saturated carbocycles. The lowest BCUT2D eigenvalue weighted by molar-refractivity contribution is -0.113. The third-order valence-corrected chi connectivity index (χ3v) is 6.21. The number of nitrogens with one attached hydrogen (secondary N) is 1. The molecule has 2 aromatic carbocycles. The maximum absolute atomic E-state index is 13.9. The molecule has 146 valence electrons. The molecule has 1 N–H and O–H groups in total. The van der Waals surface area contributed by atoms with Gasteiger partial charge < -0.3 is 5.32 Å². The lowest BCUT2D eigenvalue weighted by Gasteiger charge is -2.10. The van der Waals surface area contributed by atoms with Crippen LogP contribution in [0, 0.1) is 5.82 Å². The molecule has 0 fully saturated rings. The average molecular weight is 489 g/mol. The van der Waals surface area contributed by atoms with Gasteiger partial charge in [0.05, 0.1) is 16.3 Å². The summed E-state index contributed by atoms with van der Waals surface area (Å²) in [6, 6.07) is 18.2. The van der Waals surface area contributed by atoms with Crippen molar-refractivity contribution in [2.45, 2.75) is 5.16 Å². The van der Waals surface area contributed by atoms with Crippen LogP contribution in [0.15, 0.2) is 75.7 Å². The predicted octanol–water partition coefficient (Wildman–Crippen LogP) is 5.63. The second kappa shape index (κ2) is 8.89. The molecule has 2 heterocycles. The Morgan fingerprint density at radius 1 is 1.14 bits per heavy atom. The standard InChI is InChI=1S/C20H14BrFN4OS2/c21-13-8-9-16(15(22)11-13)23-18(27)12-29-20-25-24-19(17-7-4-10-28-17)26(20)14-5-2-1-3-6-14/h1-11H,12H2,(H,23,27). The normalized spacial score (nSPS) is 10.8. The van der Waals surface area contributed by atoms with E-state index >= 15 is 0 Å². The number of anilines is 1. The number of benzene rings is 2. The van der Waals surface area contributed by atoms with Gasteiger partial charge in [0.1, 0.15) is 5.82 Å². The summed E-state index contributed by atoms with van der Waals surface area (Å²) in [6.45, 7) is 0. The first-order valence-corrected chi connectivity index (χ1v) is 11.2. The number of aromatic nitrogens is 3. The van der Waals surface area contributed by atoms with Crippen molar-refractivity contribution in [2.75, 3.05) is 11.1 Å². The Bertz CT molecular complexity index is 1130. The number of thiophene rings is 1. The molecule has 0 bridgehead atoms. The van der Waals surface area contributed by atoms with E-state index in [1.165, 1.54) is 23.9 Å². The summed E-state index contributed by atoms with van der Waals surface area (Å²) in [5.41, 5.74) is 1.05. The molecule has 29 heavy (non-hydrogen) atoms. The molecule has 4 aromatic rings. The number of nitrogens with zero attached hydrogens (tertiary/aromatic N) is 3. The van der Waals surface area contributed by atoms with Crippen molar-refractivity contribution in [3.05, 3.63) is 76.3 Å². The summed E-state index contributed by atoms with van der Waals surface area (Å²) >= 11 is 6.01. The van der Waals surface area contributed by atoms with E-state index in [1.54, 1.807) is 17.4 Å². The summed E-state index contributed by atoms with van der Waals surface area (Å²) < 4.78 is 16.5. The Morgan fingerprint density at radius 3 is 2.69 bits per heavy atom. The highest BCUT2D eigenvalue weighted by Gasteiger charge is 2.18. The van der Waals surface area contributed by atoms with Crippen molar-refractivity contribution >= 4 is 50.6 Å². The minimum Gasteiger partial charge on any atom is -0.323 e. The van der Waals surface area contributed by atoms with Gasteiger partial charge in [-0.3, -0.25) is 9.36 Å². The number of rotatable bonds is 6. The SMILES string of the molecule is O=C(CSc1nnc(-c2cccs2)n1-c1ccccc1)Nc1ccc(Br)cc1F. The number of hydrogen-bond donors (Lipinski definition) is 1. The molecule has 0 spiro atoms. The lowest BCUT2D eigenvalue weighted by Crippen LogP contribution is -2.15. The molecule has 0 atom stereocenters. The fourth-order valence-corrected chi connectivity index (χ4v) is 4.43. The Balaban J connectivity index is 1.55. The van der Waals surface area contributed by atoms with Crippen molar-refractivity contribution in [2.24, 2.45) is 0 Å². The number of para-hydroxylation sites is 1. The monoisotopic (exact) mass is 488 g/mol. The molecule has 0 saturated heterocycles. The van der Waals surface area contributed by atoms with E-state index in [-0.39, 0.29) is 17.3 Å². The number of halogens is 2. The molecule has 2 aromatic heterocycles. The summed E-state index contributed by atoms with van der Waals surface area (Å²) in [6.07, 6.45) is 0. The summed E-state index contributed by atoms with van der Waals surface area (Å²) in [4.78, 5) is 13.3.